The fourth-order valence-corrected chi connectivity index (χ4v) is 3.63. The summed E-state index contributed by atoms with van der Waals surface area (Å²) in [5, 5.41) is 1.54. The zero-order valence-corrected chi connectivity index (χ0v) is 18.0. The second kappa shape index (κ2) is 8.52. The maximum absolute atomic E-state index is 13.3. The highest BCUT2D eigenvalue weighted by Crippen LogP contribution is 2.31. The van der Waals surface area contributed by atoms with Gasteiger partial charge in [0.25, 0.3) is 5.91 Å². The molecule has 3 aromatic carbocycles. The van der Waals surface area contributed by atoms with Crippen molar-refractivity contribution in [3.05, 3.63) is 98.6 Å². The first-order chi connectivity index (χ1) is 14.5. The van der Waals surface area contributed by atoms with Crippen molar-refractivity contribution in [3.8, 4) is 5.75 Å². The number of halogens is 3. The van der Waals surface area contributed by atoms with E-state index < -0.39 is 0 Å². The van der Waals surface area contributed by atoms with Crippen molar-refractivity contribution >= 4 is 58.3 Å². The van der Waals surface area contributed by atoms with Crippen LogP contribution in [0.1, 0.15) is 11.1 Å². The molecule has 30 heavy (non-hydrogen) atoms. The van der Waals surface area contributed by atoms with E-state index in [0.717, 1.165) is 5.56 Å². The minimum Gasteiger partial charge on any atom is -0.497 e. The Hall–Kier alpha value is -2.79. The molecule has 1 amide bonds. The number of anilines is 1. The number of amides is 1. The average molecular weight is 458 g/mol. The van der Waals surface area contributed by atoms with E-state index in [-0.39, 0.29) is 11.6 Å². The Bertz CT molecular complexity index is 1170. The summed E-state index contributed by atoms with van der Waals surface area (Å²) in [6.07, 6.45) is 1.65. The van der Waals surface area contributed by atoms with Crippen LogP contribution in [0.2, 0.25) is 15.1 Å². The molecule has 1 aliphatic heterocycles. The summed E-state index contributed by atoms with van der Waals surface area (Å²) in [7, 11) is 1.60. The number of carbonyl (C=O) groups is 1. The van der Waals surface area contributed by atoms with Crippen LogP contribution < -0.4 is 9.64 Å². The molecule has 3 aromatic rings. The summed E-state index contributed by atoms with van der Waals surface area (Å²) in [6.45, 7) is 0. The third kappa shape index (κ3) is 4.08. The number of ether oxygens (including phenoxy) is 1. The molecule has 7 heteroatoms. The van der Waals surface area contributed by atoms with E-state index >= 15 is 0 Å². The predicted octanol–water partition coefficient (Wildman–Crippen LogP) is 6.49. The van der Waals surface area contributed by atoms with Crippen LogP contribution in [0, 0.1) is 0 Å². The van der Waals surface area contributed by atoms with Gasteiger partial charge in [0.05, 0.1) is 12.8 Å². The number of carbonyl (C=O) groups excluding carboxylic acids is 1. The molecule has 0 spiro atoms. The number of benzene rings is 3. The van der Waals surface area contributed by atoms with Gasteiger partial charge in [-0.05, 0) is 72.3 Å². The maximum atomic E-state index is 13.3. The lowest BCUT2D eigenvalue weighted by molar-refractivity contribution is -0.113. The quantitative estimate of drug-likeness (QED) is 0.420. The highest BCUT2D eigenvalue weighted by atomic mass is 35.5. The zero-order valence-electron chi connectivity index (χ0n) is 15.8. The molecule has 1 heterocycles. The molecule has 150 valence electrons. The fraction of sp³-hybridized carbons (Fsp3) is 0.0435. The summed E-state index contributed by atoms with van der Waals surface area (Å²) in [6, 6.07) is 19.4. The number of hydrogen-bond donors (Lipinski definition) is 0. The highest BCUT2D eigenvalue weighted by Gasteiger charge is 2.32. The van der Waals surface area contributed by atoms with Gasteiger partial charge in [-0.3, -0.25) is 9.69 Å². The molecular weight excluding hydrogens is 443 g/mol. The SMILES string of the molecule is COc1ccc(C2=N/C(=C/c3ccc(Cl)cc3Cl)C(=O)N2c2ccc(Cl)cc2)cc1. The minimum atomic E-state index is -0.269. The number of nitrogens with zero attached hydrogens (tertiary/aromatic N) is 2. The smallest absolute Gasteiger partial charge is 0.282 e. The van der Waals surface area contributed by atoms with Crippen LogP contribution in [0.3, 0.4) is 0 Å². The average Bonchev–Trinajstić information content (AvgIpc) is 3.07. The van der Waals surface area contributed by atoms with Crippen molar-refractivity contribution < 1.29 is 9.53 Å². The molecule has 4 nitrogen and oxygen atoms in total. The third-order valence-corrected chi connectivity index (χ3v) is 5.36. The van der Waals surface area contributed by atoms with Crippen LogP contribution in [-0.4, -0.2) is 18.9 Å². The Balaban J connectivity index is 1.82. The molecule has 0 aliphatic carbocycles. The molecule has 0 bridgehead atoms. The number of amidine groups is 1. The van der Waals surface area contributed by atoms with E-state index in [9.17, 15) is 4.79 Å². The van der Waals surface area contributed by atoms with Crippen LogP contribution in [0.15, 0.2) is 77.4 Å². The lowest BCUT2D eigenvalue weighted by Gasteiger charge is -2.18. The summed E-state index contributed by atoms with van der Waals surface area (Å²) < 4.78 is 5.23. The van der Waals surface area contributed by atoms with Crippen LogP contribution in [0.5, 0.6) is 5.75 Å². The van der Waals surface area contributed by atoms with E-state index in [1.54, 1.807) is 60.6 Å². The molecular formula is C23H15Cl3N2O2. The monoisotopic (exact) mass is 456 g/mol. The summed E-state index contributed by atoms with van der Waals surface area (Å²) in [4.78, 5) is 19.5. The molecule has 0 atom stereocenters. The van der Waals surface area contributed by atoms with Crippen molar-refractivity contribution in [3.63, 3.8) is 0 Å². The second-order valence-corrected chi connectivity index (χ2v) is 7.76. The Morgan fingerprint density at radius 3 is 2.20 bits per heavy atom. The van der Waals surface area contributed by atoms with Gasteiger partial charge in [0, 0.05) is 20.6 Å². The first-order valence-electron chi connectivity index (χ1n) is 8.96. The topological polar surface area (TPSA) is 41.9 Å². The van der Waals surface area contributed by atoms with Gasteiger partial charge in [-0.2, -0.15) is 0 Å². The van der Waals surface area contributed by atoms with E-state index in [1.807, 2.05) is 24.3 Å². The number of rotatable bonds is 4. The zero-order chi connectivity index (χ0) is 21.3. The first kappa shape index (κ1) is 20.5. The van der Waals surface area contributed by atoms with E-state index in [4.69, 9.17) is 39.5 Å². The van der Waals surface area contributed by atoms with Gasteiger partial charge in [0.1, 0.15) is 17.3 Å². The first-order valence-corrected chi connectivity index (χ1v) is 10.1. The number of hydrogen-bond acceptors (Lipinski definition) is 3. The second-order valence-electron chi connectivity index (χ2n) is 6.48. The Morgan fingerprint density at radius 2 is 1.57 bits per heavy atom. The lowest BCUT2D eigenvalue weighted by Crippen LogP contribution is -2.32. The third-order valence-electron chi connectivity index (χ3n) is 4.55. The van der Waals surface area contributed by atoms with Crippen molar-refractivity contribution in [2.75, 3.05) is 12.0 Å². The molecule has 0 radical (unpaired) electrons. The maximum Gasteiger partial charge on any atom is 0.282 e. The normalized spacial score (nSPS) is 14.9. The Labute approximate surface area is 189 Å². The standard InChI is InChI=1S/C23H15Cl3N2O2/c1-30-19-10-3-14(4-11-19)22-27-21(12-15-2-5-17(25)13-20(15)26)23(29)28(22)18-8-6-16(24)7-9-18/h2-13H,1H3/b21-12+. The van der Waals surface area contributed by atoms with Gasteiger partial charge in [-0.25, -0.2) is 4.99 Å². The van der Waals surface area contributed by atoms with Gasteiger partial charge >= 0.3 is 0 Å². The Morgan fingerprint density at radius 1 is 0.900 bits per heavy atom. The van der Waals surface area contributed by atoms with Gasteiger partial charge in [-0.1, -0.05) is 40.9 Å². The van der Waals surface area contributed by atoms with Gasteiger partial charge in [0.2, 0.25) is 0 Å². The van der Waals surface area contributed by atoms with Crippen molar-refractivity contribution in [1.29, 1.82) is 0 Å². The molecule has 0 saturated carbocycles. The minimum absolute atomic E-state index is 0.264. The van der Waals surface area contributed by atoms with Crippen LogP contribution in [0.25, 0.3) is 6.08 Å². The van der Waals surface area contributed by atoms with Crippen LogP contribution >= 0.6 is 34.8 Å². The van der Waals surface area contributed by atoms with Crippen LogP contribution in [0.4, 0.5) is 5.69 Å². The van der Waals surface area contributed by atoms with Gasteiger partial charge in [0.15, 0.2) is 0 Å². The number of methoxy groups -OCH3 is 1. The fourth-order valence-electron chi connectivity index (χ4n) is 3.05. The highest BCUT2D eigenvalue weighted by molar-refractivity contribution is 6.36. The summed E-state index contributed by atoms with van der Waals surface area (Å²) >= 11 is 18.3. The molecule has 1 aliphatic rings. The van der Waals surface area contributed by atoms with Gasteiger partial charge < -0.3 is 4.74 Å². The summed E-state index contributed by atoms with van der Waals surface area (Å²) in [5.41, 5.74) is 2.34. The van der Waals surface area contributed by atoms with Crippen molar-refractivity contribution in [2.24, 2.45) is 4.99 Å². The molecule has 0 saturated heterocycles. The lowest BCUT2D eigenvalue weighted by atomic mass is 10.1. The predicted molar refractivity (Wildman–Crippen MR) is 123 cm³/mol. The molecule has 0 N–H and O–H groups in total. The van der Waals surface area contributed by atoms with E-state index in [2.05, 4.69) is 4.99 Å². The molecule has 0 unspecified atom stereocenters. The molecule has 0 fully saturated rings. The van der Waals surface area contributed by atoms with E-state index in [1.165, 1.54) is 0 Å². The largest absolute Gasteiger partial charge is 0.497 e. The number of aliphatic imine (C=N–C) groups is 1. The van der Waals surface area contributed by atoms with Crippen molar-refractivity contribution in [1.82, 2.24) is 0 Å². The van der Waals surface area contributed by atoms with E-state index in [0.29, 0.717) is 37.9 Å². The summed E-state index contributed by atoms with van der Waals surface area (Å²) in [5.74, 6) is 0.945. The molecule has 0 aromatic heterocycles. The van der Waals surface area contributed by atoms with Crippen molar-refractivity contribution in [2.45, 2.75) is 0 Å². The van der Waals surface area contributed by atoms with Gasteiger partial charge in [-0.15, -0.1) is 0 Å². The molecule has 4 rings (SSSR count). The Kier molecular flexibility index (Phi) is 5.82. The van der Waals surface area contributed by atoms with Crippen LogP contribution in [-0.2, 0) is 4.79 Å².